The largest absolute Gasteiger partial charge is 0.309 e. The first-order chi connectivity index (χ1) is 8.99. The van der Waals surface area contributed by atoms with Crippen LogP contribution in [0.5, 0.6) is 0 Å². The van der Waals surface area contributed by atoms with E-state index in [-0.39, 0.29) is 5.41 Å². The average molecular weight is 338 g/mol. The molecule has 1 aromatic heterocycles. The van der Waals surface area contributed by atoms with Gasteiger partial charge >= 0.3 is 0 Å². The first kappa shape index (κ1) is 14.8. The van der Waals surface area contributed by atoms with Crippen LogP contribution in [0, 0.1) is 0 Å². The minimum Gasteiger partial charge on any atom is -0.309 e. The van der Waals surface area contributed by atoms with Crippen LogP contribution in [0.25, 0.3) is 0 Å². The van der Waals surface area contributed by atoms with Crippen LogP contribution in [0.4, 0.5) is 0 Å². The Morgan fingerprint density at radius 3 is 2.53 bits per heavy atom. The Morgan fingerprint density at radius 2 is 1.95 bits per heavy atom. The van der Waals surface area contributed by atoms with Crippen molar-refractivity contribution < 1.29 is 0 Å². The summed E-state index contributed by atoms with van der Waals surface area (Å²) in [6, 6.07) is 13.3. The topological polar surface area (TPSA) is 12.0 Å². The second-order valence-corrected chi connectivity index (χ2v) is 7.38. The SMILES string of the molecule is CC(NCC(C)(C)c1ccccc1)c1cc(Br)cs1. The third-order valence-corrected chi connectivity index (χ3v) is 5.30. The summed E-state index contributed by atoms with van der Waals surface area (Å²) in [7, 11) is 0. The van der Waals surface area contributed by atoms with Gasteiger partial charge in [-0.15, -0.1) is 11.3 Å². The Morgan fingerprint density at radius 1 is 1.26 bits per heavy atom. The highest BCUT2D eigenvalue weighted by atomic mass is 79.9. The lowest BCUT2D eigenvalue weighted by Crippen LogP contribution is -2.34. The number of benzene rings is 1. The molecule has 1 nitrogen and oxygen atoms in total. The van der Waals surface area contributed by atoms with Crippen molar-refractivity contribution in [3.63, 3.8) is 0 Å². The molecule has 2 rings (SSSR count). The van der Waals surface area contributed by atoms with E-state index in [1.165, 1.54) is 14.9 Å². The van der Waals surface area contributed by atoms with E-state index in [1.807, 2.05) is 0 Å². The van der Waals surface area contributed by atoms with Crippen molar-refractivity contribution in [2.45, 2.75) is 32.2 Å². The third-order valence-electron chi connectivity index (χ3n) is 3.42. The summed E-state index contributed by atoms with van der Waals surface area (Å²) in [6.07, 6.45) is 0. The first-order valence-corrected chi connectivity index (χ1v) is 8.19. The van der Waals surface area contributed by atoms with E-state index in [1.54, 1.807) is 11.3 Å². The molecule has 0 saturated carbocycles. The summed E-state index contributed by atoms with van der Waals surface area (Å²) >= 11 is 5.31. The van der Waals surface area contributed by atoms with Gasteiger partial charge in [0.1, 0.15) is 0 Å². The number of nitrogens with one attached hydrogen (secondary N) is 1. The first-order valence-electron chi connectivity index (χ1n) is 6.52. The molecule has 0 bridgehead atoms. The van der Waals surface area contributed by atoms with Crippen LogP contribution in [-0.4, -0.2) is 6.54 Å². The van der Waals surface area contributed by atoms with Crippen LogP contribution in [-0.2, 0) is 5.41 Å². The van der Waals surface area contributed by atoms with Crippen LogP contribution < -0.4 is 5.32 Å². The summed E-state index contributed by atoms with van der Waals surface area (Å²) in [4.78, 5) is 1.37. The highest BCUT2D eigenvalue weighted by molar-refractivity contribution is 9.10. The maximum Gasteiger partial charge on any atom is 0.0386 e. The average Bonchev–Trinajstić information content (AvgIpc) is 2.84. The highest BCUT2D eigenvalue weighted by Crippen LogP contribution is 2.27. The predicted molar refractivity (Wildman–Crippen MR) is 87.9 cm³/mol. The van der Waals surface area contributed by atoms with Gasteiger partial charge in [0.15, 0.2) is 0 Å². The Bertz CT molecular complexity index is 519. The Hall–Kier alpha value is -0.640. The van der Waals surface area contributed by atoms with Gasteiger partial charge in [0.2, 0.25) is 0 Å². The molecule has 1 aromatic carbocycles. The van der Waals surface area contributed by atoms with Crippen molar-refractivity contribution in [1.29, 1.82) is 0 Å². The smallest absolute Gasteiger partial charge is 0.0386 e. The number of halogens is 1. The molecule has 2 aromatic rings. The second-order valence-electron chi connectivity index (χ2n) is 5.52. The molecule has 1 N–H and O–H groups in total. The molecule has 0 fully saturated rings. The van der Waals surface area contributed by atoms with Crippen LogP contribution in [0.1, 0.15) is 37.3 Å². The van der Waals surface area contributed by atoms with Crippen molar-refractivity contribution in [3.05, 3.63) is 56.7 Å². The molecule has 1 heterocycles. The van der Waals surface area contributed by atoms with Gasteiger partial charge in [-0.1, -0.05) is 44.2 Å². The maximum atomic E-state index is 3.64. The molecule has 0 spiro atoms. The van der Waals surface area contributed by atoms with E-state index in [0.29, 0.717) is 6.04 Å². The van der Waals surface area contributed by atoms with Crippen LogP contribution in [0.3, 0.4) is 0 Å². The fourth-order valence-electron chi connectivity index (χ4n) is 2.06. The van der Waals surface area contributed by atoms with Crippen LogP contribution in [0.15, 0.2) is 46.3 Å². The van der Waals surface area contributed by atoms with Gasteiger partial charge in [-0.3, -0.25) is 0 Å². The Kier molecular flexibility index (Phi) is 4.82. The molecule has 1 atom stereocenters. The number of hydrogen-bond donors (Lipinski definition) is 1. The summed E-state index contributed by atoms with van der Waals surface area (Å²) < 4.78 is 1.17. The molecule has 0 radical (unpaired) electrons. The van der Waals surface area contributed by atoms with Crippen molar-refractivity contribution in [1.82, 2.24) is 5.32 Å². The van der Waals surface area contributed by atoms with E-state index >= 15 is 0 Å². The molecule has 0 aliphatic rings. The zero-order valence-electron chi connectivity index (χ0n) is 11.6. The standard InChI is InChI=1S/C16H20BrNS/c1-12(15-9-14(17)10-19-15)18-11-16(2,3)13-7-5-4-6-8-13/h4-10,12,18H,11H2,1-3H3. The fourth-order valence-corrected chi connectivity index (χ4v) is 3.53. The molecule has 3 heteroatoms. The van der Waals surface area contributed by atoms with Crippen molar-refractivity contribution in [3.8, 4) is 0 Å². The monoisotopic (exact) mass is 337 g/mol. The van der Waals surface area contributed by atoms with Crippen molar-refractivity contribution >= 4 is 27.3 Å². The van der Waals surface area contributed by atoms with Gasteiger partial charge in [0.05, 0.1) is 0 Å². The van der Waals surface area contributed by atoms with Gasteiger partial charge < -0.3 is 5.32 Å². The van der Waals surface area contributed by atoms with E-state index in [0.717, 1.165) is 6.54 Å². The molecule has 0 saturated heterocycles. The molecule has 1 unspecified atom stereocenters. The lowest BCUT2D eigenvalue weighted by molar-refractivity contribution is 0.438. The number of thiophene rings is 1. The summed E-state index contributed by atoms with van der Waals surface area (Å²) in [5.74, 6) is 0. The van der Waals surface area contributed by atoms with E-state index in [4.69, 9.17) is 0 Å². The zero-order chi connectivity index (χ0) is 13.9. The summed E-state index contributed by atoms with van der Waals surface area (Å²) in [6.45, 7) is 7.76. The quantitative estimate of drug-likeness (QED) is 0.796. The Balaban J connectivity index is 1.98. The fraction of sp³-hybridized carbons (Fsp3) is 0.375. The lowest BCUT2D eigenvalue weighted by Gasteiger charge is -2.27. The molecule has 0 amide bonds. The van der Waals surface area contributed by atoms with Crippen LogP contribution in [0.2, 0.25) is 0 Å². The second kappa shape index (κ2) is 6.21. The number of rotatable bonds is 5. The van der Waals surface area contributed by atoms with Gasteiger partial charge in [0, 0.05) is 32.7 Å². The van der Waals surface area contributed by atoms with Gasteiger partial charge in [0.25, 0.3) is 0 Å². The molecule has 19 heavy (non-hydrogen) atoms. The summed E-state index contributed by atoms with van der Waals surface area (Å²) in [5.41, 5.74) is 1.52. The molecule has 0 aliphatic carbocycles. The molecular weight excluding hydrogens is 318 g/mol. The molecular formula is C16H20BrNS. The lowest BCUT2D eigenvalue weighted by atomic mass is 9.84. The van der Waals surface area contributed by atoms with E-state index < -0.39 is 0 Å². The normalized spacial score (nSPS) is 13.5. The van der Waals surface area contributed by atoms with Crippen LogP contribution >= 0.6 is 27.3 Å². The van der Waals surface area contributed by atoms with Gasteiger partial charge in [-0.2, -0.15) is 0 Å². The van der Waals surface area contributed by atoms with E-state index in [2.05, 4.69) is 83.8 Å². The van der Waals surface area contributed by atoms with Gasteiger partial charge in [-0.25, -0.2) is 0 Å². The zero-order valence-corrected chi connectivity index (χ0v) is 14.0. The third kappa shape index (κ3) is 3.91. The van der Waals surface area contributed by atoms with Gasteiger partial charge in [-0.05, 0) is 34.5 Å². The van der Waals surface area contributed by atoms with E-state index in [9.17, 15) is 0 Å². The minimum atomic E-state index is 0.143. The van der Waals surface area contributed by atoms with Crippen molar-refractivity contribution in [2.24, 2.45) is 0 Å². The maximum absolute atomic E-state index is 3.64. The molecule has 0 aliphatic heterocycles. The molecule has 102 valence electrons. The predicted octanol–water partition coefficient (Wildman–Crippen LogP) is 5.14. The minimum absolute atomic E-state index is 0.143. The highest BCUT2D eigenvalue weighted by Gasteiger charge is 2.21. The Labute approximate surface area is 128 Å². The number of hydrogen-bond acceptors (Lipinski definition) is 2. The summed E-state index contributed by atoms with van der Waals surface area (Å²) in [5, 5.41) is 5.78. The van der Waals surface area contributed by atoms with Crippen molar-refractivity contribution in [2.75, 3.05) is 6.54 Å².